The zero-order valence-electron chi connectivity index (χ0n) is 13.0. The van der Waals surface area contributed by atoms with Crippen LogP contribution in [0.4, 0.5) is 0 Å². The lowest BCUT2D eigenvalue weighted by molar-refractivity contribution is 0.0196. The van der Waals surface area contributed by atoms with Gasteiger partial charge in [0.05, 0.1) is 38.5 Å². The second kappa shape index (κ2) is 6.98. The minimum Gasteiger partial charge on any atom is -0.378 e. The van der Waals surface area contributed by atoms with E-state index in [4.69, 9.17) is 26.1 Å². The number of guanidine groups is 1. The fraction of sp³-hybridized carbons (Fsp3) is 0.733. The number of fused-ring (bicyclic) bond motifs is 2. The predicted molar refractivity (Wildman–Crippen MR) is 87.4 cm³/mol. The minimum absolute atomic E-state index is 0.342. The predicted octanol–water partition coefficient (Wildman–Crippen LogP) is 1.67. The summed E-state index contributed by atoms with van der Waals surface area (Å²) in [6.07, 6.45) is 2.23. The Morgan fingerprint density at radius 2 is 1.73 bits per heavy atom. The van der Waals surface area contributed by atoms with E-state index in [2.05, 4.69) is 21.4 Å². The molecule has 3 aliphatic heterocycles. The summed E-state index contributed by atoms with van der Waals surface area (Å²) in [6, 6.07) is 0.685. The van der Waals surface area contributed by atoms with Crippen LogP contribution < -0.4 is 0 Å². The molecule has 0 N–H and O–H groups in total. The van der Waals surface area contributed by atoms with Crippen molar-refractivity contribution in [2.45, 2.75) is 31.8 Å². The summed E-state index contributed by atoms with van der Waals surface area (Å²) in [5.74, 6) is 1.39. The van der Waals surface area contributed by atoms with Gasteiger partial charge in [0.1, 0.15) is 11.0 Å². The number of hydrogen-bond donors (Lipinski definition) is 0. The average Bonchev–Trinajstić information content (AvgIpc) is 2.76. The van der Waals surface area contributed by atoms with Crippen LogP contribution in [-0.4, -0.2) is 72.5 Å². The summed E-state index contributed by atoms with van der Waals surface area (Å²) in [7, 11) is 0. The van der Waals surface area contributed by atoms with Crippen molar-refractivity contribution in [1.29, 1.82) is 0 Å². The SMILES string of the molecule is C=C(N=C(N=C(C)Cl)N1C2CCC1COC2)N1CCOCC1. The minimum atomic E-state index is 0.342. The number of morpholine rings is 2. The highest BCUT2D eigenvalue weighted by Crippen LogP contribution is 2.30. The highest BCUT2D eigenvalue weighted by Gasteiger charge is 2.39. The Kier molecular flexibility index (Phi) is 5.00. The lowest BCUT2D eigenvalue weighted by atomic mass is 10.2. The molecule has 0 aromatic rings. The largest absolute Gasteiger partial charge is 0.378 e. The Morgan fingerprint density at radius 1 is 1.09 bits per heavy atom. The van der Waals surface area contributed by atoms with Gasteiger partial charge in [0.15, 0.2) is 0 Å². The van der Waals surface area contributed by atoms with Crippen LogP contribution in [0.2, 0.25) is 0 Å². The van der Waals surface area contributed by atoms with Gasteiger partial charge in [-0.05, 0) is 19.8 Å². The molecular weight excluding hydrogens is 304 g/mol. The van der Waals surface area contributed by atoms with Gasteiger partial charge in [0.2, 0.25) is 5.96 Å². The van der Waals surface area contributed by atoms with E-state index in [1.165, 1.54) is 0 Å². The molecule has 122 valence electrons. The van der Waals surface area contributed by atoms with Gasteiger partial charge in [-0.1, -0.05) is 18.2 Å². The van der Waals surface area contributed by atoms with Crippen molar-refractivity contribution in [3.8, 4) is 0 Å². The van der Waals surface area contributed by atoms with Crippen molar-refractivity contribution in [2.24, 2.45) is 9.98 Å². The first kappa shape index (κ1) is 15.8. The molecule has 2 bridgehead atoms. The highest BCUT2D eigenvalue weighted by molar-refractivity contribution is 6.65. The standard InChI is InChI=1S/C15H23ClN4O2/c1-11(16)17-15(18-12(2)19-5-7-21-8-6-19)20-13-3-4-14(20)10-22-9-13/h13-14H,2-10H2,1H3. The van der Waals surface area contributed by atoms with E-state index in [-0.39, 0.29) is 0 Å². The summed E-state index contributed by atoms with van der Waals surface area (Å²) < 4.78 is 11.0. The maximum atomic E-state index is 6.02. The van der Waals surface area contributed by atoms with Gasteiger partial charge in [-0.2, -0.15) is 4.99 Å². The van der Waals surface area contributed by atoms with Crippen molar-refractivity contribution in [2.75, 3.05) is 39.5 Å². The molecule has 0 aromatic carbocycles. The van der Waals surface area contributed by atoms with E-state index >= 15 is 0 Å². The maximum Gasteiger partial charge on any atom is 0.229 e. The van der Waals surface area contributed by atoms with E-state index in [1.807, 2.05) is 0 Å². The summed E-state index contributed by atoms with van der Waals surface area (Å²) in [6.45, 7) is 10.4. The zero-order chi connectivity index (χ0) is 15.5. The van der Waals surface area contributed by atoms with Gasteiger partial charge in [0.25, 0.3) is 0 Å². The van der Waals surface area contributed by atoms with Crippen LogP contribution in [0.1, 0.15) is 19.8 Å². The molecule has 3 rings (SSSR count). The molecule has 3 fully saturated rings. The van der Waals surface area contributed by atoms with Crippen molar-refractivity contribution in [3.63, 3.8) is 0 Å². The molecule has 3 aliphatic rings. The lowest BCUT2D eigenvalue weighted by Crippen LogP contribution is -2.49. The van der Waals surface area contributed by atoms with Crippen LogP contribution in [0, 0.1) is 0 Å². The molecule has 2 atom stereocenters. The molecule has 22 heavy (non-hydrogen) atoms. The maximum absolute atomic E-state index is 6.02. The summed E-state index contributed by atoms with van der Waals surface area (Å²) >= 11 is 6.02. The fourth-order valence-electron chi connectivity index (χ4n) is 3.24. The number of ether oxygens (including phenoxy) is 2. The highest BCUT2D eigenvalue weighted by atomic mass is 35.5. The van der Waals surface area contributed by atoms with E-state index in [0.717, 1.165) is 45.0 Å². The zero-order valence-corrected chi connectivity index (χ0v) is 13.8. The van der Waals surface area contributed by atoms with Gasteiger partial charge in [-0.3, -0.25) is 0 Å². The Bertz CT molecular complexity index is 468. The molecule has 0 amide bonds. The van der Waals surface area contributed by atoms with E-state index in [9.17, 15) is 0 Å². The smallest absolute Gasteiger partial charge is 0.229 e. The molecule has 0 saturated carbocycles. The number of halogens is 1. The summed E-state index contributed by atoms with van der Waals surface area (Å²) in [5.41, 5.74) is 0. The third-order valence-corrected chi connectivity index (χ3v) is 4.42. The third-order valence-electron chi connectivity index (χ3n) is 4.33. The first-order valence-electron chi connectivity index (χ1n) is 7.82. The molecule has 3 saturated heterocycles. The van der Waals surface area contributed by atoms with E-state index in [1.54, 1.807) is 6.92 Å². The first-order chi connectivity index (χ1) is 10.6. The van der Waals surface area contributed by atoms with Crippen LogP contribution in [0.15, 0.2) is 22.4 Å². The Balaban J connectivity index is 1.81. The van der Waals surface area contributed by atoms with Crippen molar-refractivity contribution in [1.82, 2.24) is 9.80 Å². The second-order valence-electron chi connectivity index (χ2n) is 5.87. The summed E-state index contributed by atoms with van der Waals surface area (Å²) in [5, 5.41) is 0.486. The number of aliphatic imine (C=N–C) groups is 2. The molecule has 7 heteroatoms. The normalized spacial score (nSPS) is 29.9. The van der Waals surface area contributed by atoms with Crippen molar-refractivity contribution < 1.29 is 9.47 Å². The lowest BCUT2D eigenvalue weighted by Gasteiger charge is -2.36. The second-order valence-corrected chi connectivity index (χ2v) is 6.41. The third kappa shape index (κ3) is 3.45. The molecule has 2 unspecified atom stereocenters. The van der Waals surface area contributed by atoms with Gasteiger partial charge in [0, 0.05) is 13.1 Å². The molecule has 0 spiro atoms. The fourth-order valence-corrected chi connectivity index (χ4v) is 3.32. The number of hydrogen-bond acceptors (Lipinski definition) is 4. The molecule has 6 nitrogen and oxygen atoms in total. The monoisotopic (exact) mass is 326 g/mol. The van der Waals surface area contributed by atoms with E-state index < -0.39 is 0 Å². The molecule has 3 heterocycles. The Hall–Kier alpha value is -1.11. The Morgan fingerprint density at radius 3 is 2.32 bits per heavy atom. The van der Waals surface area contributed by atoms with Gasteiger partial charge < -0.3 is 19.3 Å². The van der Waals surface area contributed by atoms with E-state index in [0.29, 0.717) is 36.4 Å². The molecule has 0 radical (unpaired) electrons. The molecule has 0 aromatic heterocycles. The number of nitrogens with zero attached hydrogens (tertiary/aromatic N) is 4. The van der Waals surface area contributed by atoms with Crippen molar-refractivity contribution in [3.05, 3.63) is 12.4 Å². The summed E-state index contributed by atoms with van der Waals surface area (Å²) in [4.78, 5) is 13.6. The van der Waals surface area contributed by atoms with Crippen LogP contribution in [-0.2, 0) is 9.47 Å². The quantitative estimate of drug-likeness (QED) is 0.572. The van der Waals surface area contributed by atoms with Crippen LogP contribution >= 0.6 is 11.6 Å². The topological polar surface area (TPSA) is 49.7 Å². The first-order valence-corrected chi connectivity index (χ1v) is 8.20. The van der Waals surface area contributed by atoms with Crippen LogP contribution in [0.25, 0.3) is 0 Å². The van der Waals surface area contributed by atoms with Crippen LogP contribution in [0.3, 0.4) is 0 Å². The van der Waals surface area contributed by atoms with Crippen LogP contribution in [0.5, 0.6) is 0 Å². The van der Waals surface area contributed by atoms with Crippen molar-refractivity contribution >= 4 is 22.7 Å². The molecule has 0 aliphatic carbocycles. The number of rotatable bonds is 2. The molecular formula is C15H23ClN4O2. The van der Waals surface area contributed by atoms with Gasteiger partial charge in [-0.25, -0.2) is 4.99 Å². The Labute approximate surface area is 136 Å². The van der Waals surface area contributed by atoms with Gasteiger partial charge in [-0.15, -0.1) is 0 Å². The average molecular weight is 327 g/mol. The van der Waals surface area contributed by atoms with Gasteiger partial charge >= 0.3 is 0 Å².